The van der Waals surface area contributed by atoms with E-state index in [1.165, 1.54) is 0 Å². The molecule has 2 rings (SSSR count). The van der Waals surface area contributed by atoms with Crippen LogP contribution in [0, 0.1) is 0 Å². The normalized spacial score (nSPS) is 23.8. The molecule has 18 heavy (non-hydrogen) atoms. The first kappa shape index (κ1) is 12.8. The summed E-state index contributed by atoms with van der Waals surface area (Å²) in [4.78, 5) is 18.1. The molecule has 1 aliphatic heterocycles. The quantitative estimate of drug-likeness (QED) is 0.794. The summed E-state index contributed by atoms with van der Waals surface area (Å²) >= 11 is 0. The lowest BCUT2D eigenvalue weighted by atomic mass is 10.2. The van der Waals surface area contributed by atoms with Gasteiger partial charge in [-0.05, 0) is 19.9 Å². The lowest BCUT2D eigenvalue weighted by molar-refractivity contribution is -0.0586. The first-order valence-electron chi connectivity index (χ1n) is 6.05. The van der Waals surface area contributed by atoms with Crippen LogP contribution in [0.25, 0.3) is 0 Å². The fourth-order valence-corrected chi connectivity index (χ4v) is 2.15. The van der Waals surface area contributed by atoms with Crippen molar-refractivity contribution in [2.24, 2.45) is 0 Å². The highest BCUT2D eigenvalue weighted by molar-refractivity contribution is 5.94. The number of rotatable bonds is 2. The third kappa shape index (κ3) is 2.79. The van der Waals surface area contributed by atoms with Gasteiger partial charge in [-0.2, -0.15) is 0 Å². The fourth-order valence-electron chi connectivity index (χ4n) is 2.15. The van der Waals surface area contributed by atoms with Gasteiger partial charge in [-0.15, -0.1) is 0 Å². The van der Waals surface area contributed by atoms with Crippen LogP contribution in [0.3, 0.4) is 0 Å². The minimum absolute atomic E-state index is 0.00727. The van der Waals surface area contributed by atoms with E-state index < -0.39 is 0 Å². The Hall–Kier alpha value is -1.62. The van der Waals surface area contributed by atoms with E-state index in [4.69, 9.17) is 9.47 Å². The van der Waals surface area contributed by atoms with E-state index in [0.29, 0.717) is 24.5 Å². The van der Waals surface area contributed by atoms with E-state index in [-0.39, 0.29) is 18.1 Å². The van der Waals surface area contributed by atoms with Crippen molar-refractivity contribution in [3.8, 4) is 5.88 Å². The van der Waals surface area contributed by atoms with Crippen LogP contribution in [0.4, 0.5) is 0 Å². The highest BCUT2D eigenvalue weighted by Gasteiger charge is 2.26. The molecule has 5 nitrogen and oxygen atoms in total. The minimum Gasteiger partial charge on any atom is -0.481 e. The molecule has 2 unspecified atom stereocenters. The van der Waals surface area contributed by atoms with Gasteiger partial charge in [0.2, 0.25) is 5.88 Å². The molecule has 1 amide bonds. The van der Waals surface area contributed by atoms with Gasteiger partial charge in [0.1, 0.15) is 0 Å². The van der Waals surface area contributed by atoms with Gasteiger partial charge in [-0.3, -0.25) is 4.79 Å². The van der Waals surface area contributed by atoms with E-state index in [9.17, 15) is 4.79 Å². The zero-order chi connectivity index (χ0) is 13.1. The molecular formula is C13H18N2O3. The SMILES string of the molecule is COc1ccc(C(=O)N2CC(C)OC(C)C2)cn1. The maximum Gasteiger partial charge on any atom is 0.255 e. The number of amides is 1. The van der Waals surface area contributed by atoms with E-state index in [0.717, 1.165) is 0 Å². The summed E-state index contributed by atoms with van der Waals surface area (Å²) in [7, 11) is 1.55. The van der Waals surface area contributed by atoms with Crippen LogP contribution in [-0.2, 0) is 4.74 Å². The predicted octanol–water partition coefficient (Wildman–Crippen LogP) is 1.34. The number of hydrogen-bond acceptors (Lipinski definition) is 4. The molecular weight excluding hydrogens is 232 g/mol. The smallest absolute Gasteiger partial charge is 0.255 e. The van der Waals surface area contributed by atoms with Gasteiger partial charge in [0.15, 0.2) is 0 Å². The third-order valence-corrected chi connectivity index (χ3v) is 2.90. The third-order valence-electron chi connectivity index (χ3n) is 2.90. The highest BCUT2D eigenvalue weighted by atomic mass is 16.5. The molecule has 0 saturated carbocycles. The molecule has 1 aromatic heterocycles. The molecule has 1 aromatic rings. The summed E-state index contributed by atoms with van der Waals surface area (Å²) in [6.07, 6.45) is 1.69. The molecule has 2 atom stereocenters. The number of methoxy groups -OCH3 is 1. The van der Waals surface area contributed by atoms with Crippen LogP contribution < -0.4 is 4.74 Å². The fraction of sp³-hybridized carbons (Fsp3) is 0.538. The van der Waals surface area contributed by atoms with Gasteiger partial charge in [-0.25, -0.2) is 4.98 Å². The molecule has 98 valence electrons. The van der Waals surface area contributed by atoms with Gasteiger partial charge in [0.25, 0.3) is 5.91 Å². The van der Waals surface area contributed by atoms with Crippen molar-refractivity contribution in [3.05, 3.63) is 23.9 Å². The number of hydrogen-bond donors (Lipinski definition) is 0. The molecule has 0 N–H and O–H groups in total. The standard InChI is InChI=1S/C13H18N2O3/c1-9-7-15(8-10(2)18-9)13(16)11-4-5-12(17-3)14-6-11/h4-6,9-10H,7-8H2,1-3H3. The number of nitrogens with zero attached hydrogens (tertiary/aromatic N) is 2. The summed E-state index contributed by atoms with van der Waals surface area (Å²) in [5, 5.41) is 0. The Morgan fingerprint density at radius 1 is 1.39 bits per heavy atom. The van der Waals surface area contributed by atoms with Crippen LogP contribution in [-0.4, -0.2) is 48.2 Å². The Labute approximate surface area is 107 Å². The number of aromatic nitrogens is 1. The first-order chi connectivity index (χ1) is 8.60. The lowest BCUT2D eigenvalue weighted by Crippen LogP contribution is -2.48. The monoisotopic (exact) mass is 250 g/mol. The summed E-state index contributed by atoms with van der Waals surface area (Å²) in [5.74, 6) is 0.502. The second-order valence-corrected chi connectivity index (χ2v) is 4.56. The molecule has 5 heteroatoms. The highest BCUT2D eigenvalue weighted by Crippen LogP contribution is 2.15. The second kappa shape index (κ2) is 5.35. The molecule has 0 aromatic carbocycles. The molecule has 1 aliphatic rings. The van der Waals surface area contributed by atoms with Gasteiger partial charge in [0.05, 0.1) is 24.9 Å². The van der Waals surface area contributed by atoms with Crippen LogP contribution in [0.5, 0.6) is 5.88 Å². The Bertz CT molecular complexity index is 409. The van der Waals surface area contributed by atoms with Gasteiger partial charge in [-0.1, -0.05) is 0 Å². The van der Waals surface area contributed by atoms with E-state index in [2.05, 4.69) is 4.98 Å². The number of morpholine rings is 1. The molecule has 0 aliphatic carbocycles. The Morgan fingerprint density at radius 2 is 2.06 bits per heavy atom. The Balaban J connectivity index is 2.09. The number of carbonyl (C=O) groups excluding carboxylic acids is 1. The average molecular weight is 250 g/mol. The largest absolute Gasteiger partial charge is 0.481 e. The lowest BCUT2D eigenvalue weighted by Gasteiger charge is -2.35. The Kier molecular flexibility index (Phi) is 3.81. The van der Waals surface area contributed by atoms with Crippen molar-refractivity contribution >= 4 is 5.91 Å². The van der Waals surface area contributed by atoms with Gasteiger partial charge >= 0.3 is 0 Å². The van der Waals surface area contributed by atoms with E-state index in [1.807, 2.05) is 18.7 Å². The summed E-state index contributed by atoms with van der Waals surface area (Å²) in [6, 6.07) is 3.43. The zero-order valence-corrected chi connectivity index (χ0v) is 10.9. The van der Waals surface area contributed by atoms with Crippen LogP contribution >= 0.6 is 0 Å². The van der Waals surface area contributed by atoms with Crippen LogP contribution in [0.15, 0.2) is 18.3 Å². The van der Waals surface area contributed by atoms with Crippen LogP contribution in [0.2, 0.25) is 0 Å². The summed E-state index contributed by atoms with van der Waals surface area (Å²) in [5.41, 5.74) is 0.581. The molecule has 1 saturated heterocycles. The average Bonchev–Trinajstić information content (AvgIpc) is 2.37. The molecule has 2 heterocycles. The zero-order valence-electron chi connectivity index (χ0n) is 10.9. The van der Waals surface area contributed by atoms with Gasteiger partial charge < -0.3 is 14.4 Å². The van der Waals surface area contributed by atoms with Crippen molar-refractivity contribution < 1.29 is 14.3 Å². The summed E-state index contributed by atoms with van der Waals surface area (Å²) in [6.45, 7) is 5.19. The van der Waals surface area contributed by atoms with Crippen molar-refractivity contribution in [2.45, 2.75) is 26.1 Å². The topological polar surface area (TPSA) is 51.7 Å². The molecule has 0 spiro atoms. The maximum atomic E-state index is 12.3. The van der Waals surface area contributed by atoms with Crippen molar-refractivity contribution in [1.82, 2.24) is 9.88 Å². The van der Waals surface area contributed by atoms with Crippen molar-refractivity contribution in [2.75, 3.05) is 20.2 Å². The number of carbonyl (C=O) groups is 1. The van der Waals surface area contributed by atoms with E-state index >= 15 is 0 Å². The first-order valence-corrected chi connectivity index (χ1v) is 6.05. The van der Waals surface area contributed by atoms with E-state index in [1.54, 1.807) is 25.4 Å². The van der Waals surface area contributed by atoms with Crippen molar-refractivity contribution in [1.29, 1.82) is 0 Å². The van der Waals surface area contributed by atoms with Gasteiger partial charge in [0, 0.05) is 25.4 Å². The molecule has 1 fully saturated rings. The van der Waals surface area contributed by atoms with Crippen LogP contribution in [0.1, 0.15) is 24.2 Å². The molecule has 0 bridgehead atoms. The maximum absolute atomic E-state index is 12.3. The minimum atomic E-state index is -0.00727. The van der Waals surface area contributed by atoms with Crippen molar-refractivity contribution in [3.63, 3.8) is 0 Å². The predicted molar refractivity (Wildman–Crippen MR) is 66.7 cm³/mol. The molecule has 0 radical (unpaired) electrons. The Morgan fingerprint density at radius 3 is 2.56 bits per heavy atom. The second-order valence-electron chi connectivity index (χ2n) is 4.56. The number of pyridine rings is 1. The number of ether oxygens (including phenoxy) is 2. The summed E-state index contributed by atoms with van der Waals surface area (Å²) < 4.78 is 10.6.